The molecular formula is C10H13N5O5. The quantitative estimate of drug-likeness (QED) is 0.424. The zero-order valence-corrected chi connectivity index (χ0v) is 10.2. The molecule has 1 fully saturated rings. The average Bonchev–Trinajstić information content (AvgIpc) is 2.98. The van der Waals surface area contributed by atoms with Crippen LogP contribution in [-0.4, -0.2) is 59.4 Å². The van der Waals surface area contributed by atoms with E-state index in [9.17, 15) is 15.0 Å². The van der Waals surface area contributed by atoms with Gasteiger partial charge in [-0.15, -0.1) is 0 Å². The van der Waals surface area contributed by atoms with Gasteiger partial charge in [-0.3, -0.25) is 9.36 Å². The van der Waals surface area contributed by atoms with E-state index in [0.717, 1.165) is 11.0 Å². The molecule has 1 saturated heterocycles. The highest BCUT2D eigenvalue weighted by molar-refractivity contribution is 5.69. The third kappa shape index (κ3) is 1.70. The summed E-state index contributed by atoms with van der Waals surface area (Å²) in [5.41, 5.74) is -0.347. The van der Waals surface area contributed by atoms with Crippen LogP contribution in [0, 0.1) is 0 Å². The lowest BCUT2D eigenvalue weighted by Crippen LogP contribution is -2.33. The largest absolute Gasteiger partial charge is 0.394 e. The third-order valence-corrected chi connectivity index (χ3v) is 3.30. The van der Waals surface area contributed by atoms with Gasteiger partial charge in [-0.05, 0) is 0 Å². The average molecular weight is 283 g/mol. The Morgan fingerprint density at radius 3 is 2.70 bits per heavy atom. The molecule has 0 bridgehead atoms. The summed E-state index contributed by atoms with van der Waals surface area (Å²) in [5, 5.41) is 28.7. The van der Waals surface area contributed by atoms with Crippen molar-refractivity contribution in [3.63, 3.8) is 0 Å². The second-order valence-electron chi connectivity index (χ2n) is 4.51. The summed E-state index contributed by atoms with van der Waals surface area (Å²) in [4.78, 5) is 19.6. The van der Waals surface area contributed by atoms with Gasteiger partial charge in [0.05, 0.1) is 12.9 Å². The molecule has 3 heterocycles. The van der Waals surface area contributed by atoms with Crippen LogP contribution in [0.2, 0.25) is 0 Å². The molecule has 0 aliphatic carbocycles. The topological polar surface area (TPSA) is 149 Å². The number of aliphatic hydroxyl groups is 3. The molecule has 2 aromatic heterocycles. The van der Waals surface area contributed by atoms with Crippen molar-refractivity contribution in [3.05, 3.63) is 23.0 Å². The van der Waals surface area contributed by atoms with Crippen molar-refractivity contribution in [2.75, 3.05) is 12.4 Å². The van der Waals surface area contributed by atoms with Crippen LogP contribution in [-0.2, 0) is 4.74 Å². The predicted octanol–water partition coefficient (Wildman–Crippen LogP) is -3.08. The molecule has 4 unspecified atom stereocenters. The molecule has 4 atom stereocenters. The number of nitrogen functional groups attached to an aromatic ring is 1. The van der Waals surface area contributed by atoms with Gasteiger partial charge in [0, 0.05) is 0 Å². The van der Waals surface area contributed by atoms with Crippen LogP contribution < -0.4 is 11.4 Å². The van der Waals surface area contributed by atoms with Crippen molar-refractivity contribution in [1.29, 1.82) is 0 Å². The molecule has 2 aromatic rings. The molecule has 1 aliphatic heterocycles. The lowest BCUT2D eigenvalue weighted by molar-refractivity contribution is -0.0511. The lowest BCUT2D eigenvalue weighted by atomic mass is 10.1. The summed E-state index contributed by atoms with van der Waals surface area (Å²) in [6, 6.07) is 0. The number of hydrogen-bond acceptors (Lipinski definition) is 8. The Balaban J connectivity index is 2.08. The first-order valence-electron chi connectivity index (χ1n) is 5.86. The zero-order valence-electron chi connectivity index (χ0n) is 10.2. The van der Waals surface area contributed by atoms with E-state index >= 15 is 0 Å². The molecule has 0 aromatic carbocycles. The molecule has 0 amide bonds. The van der Waals surface area contributed by atoms with Crippen LogP contribution in [0.1, 0.15) is 6.23 Å². The van der Waals surface area contributed by atoms with Crippen LogP contribution in [0.5, 0.6) is 0 Å². The highest BCUT2D eigenvalue weighted by atomic mass is 16.6. The van der Waals surface area contributed by atoms with Gasteiger partial charge in [-0.25, -0.2) is 14.6 Å². The summed E-state index contributed by atoms with van der Waals surface area (Å²) in [6.45, 7) is -0.440. The monoisotopic (exact) mass is 283 g/mol. The van der Waals surface area contributed by atoms with E-state index in [-0.39, 0.29) is 11.2 Å². The summed E-state index contributed by atoms with van der Waals surface area (Å²) in [5.74, 6) is 5.38. The minimum atomic E-state index is -1.27. The number of aromatic nitrogens is 4. The number of rotatable bonds is 2. The lowest BCUT2D eigenvalue weighted by Gasteiger charge is -2.16. The first-order valence-corrected chi connectivity index (χ1v) is 5.86. The minimum absolute atomic E-state index is 0.0211. The predicted molar refractivity (Wildman–Crippen MR) is 64.9 cm³/mol. The number of fused-ring (bicyclic) bond motifs is 1. The SMILES string of the molecule is Nn1cnc2c(ncn2C2OC(CO)C(O)C2O)c1=O. The van der Waals surface area contributed by atoms with Crippen LogP contribution in [0.4, 0.5) is 0 Å². The summed E-state index contributed by atoms with van der Waals surface area (Å²) in [6.07, 6.45) is -2.04. The maximum Gasteiger partial charge on any atom is 0.299 e. The van der Waals surface area contributed by atoms with Crippen molar-refractivity contribution >= 4 is 11.2 Å². The summed E-state index contributed by atoms with van der Waals surface area (Å²) < 4.78 is 7.46. The maximum atomic E-state index is 11.8. The smallest absolute Gasteiger partial charge is 0.299 e. The van der Waals surface area contributed by atoms with Crippen LogP contribution in [0.3, 0.4) is 0 Å². The summed E-state index contributed by atoms with van der Waals surface area (Å²) in [7, 11) is 0. The van der Waals surface area contributed by atoms with E-state index < -0.39 is 36.7 Å². The van der Waals surface area contributed by atoms with Crippen LogP contribution in [0.15, 0.2) is 17.4 Å². The number of nitrogens with two attached hydrogens (primary N) is 1. The Kier molecular flexibility index (Phi) is 2.94. The molecule has 5 N–H and O–H groups in total. The molecule has 0 radical (unpaired) electrons. The van der Waals surface area contributed by atoms with Crippen molar-refractivity contribution < 1.29 is 20.1 Å². The fraction of sp³-hybridized carbons (Fsp3) is 0.500. The fourth-order valence-electron chi connectivity index (χ4n) is 2.22. The Morgan fingerprint density at radius 2 is 2.05 bits per heavy atom. The number of aliphatic hydroxyl groups excluding tert-OH is 3. The van der Waals surface area contributed by atoms with Gasteiger partial charge in [0.2, 0.25) is 0 Å². The highest BCUT2D eigenvalue weighted by Gasteiger charge is 2.44. The molecule has 108 valence electrons. The first-order chi connectivity index (χ1) is 9.54. The molecule has 10 nitrogen and oxygen atoms in total. The van der Waals surface area contributed by atoms with Crippen molar-refractivity contribution in [2.24, 2.45) is 0 Å². The van der Waals surface area contributed by atoms with E-state index in [0.29, 0.717) is 0 Å². The Hall–Kier alpha value is -2.01. The highest BCUT2D eigenvalue weighted by Crippen LogP contribution is 2.30. The second kappa shape index (κ2) is 4.52. The molecule has 0 spiro atoms. The Morgan fingerprint density at radius 1 is 1.30 bits per heavy atom. The second-order valence-corrected chi connectivity index (χ2v) is 4.51. The number of imidazole rings is 1. The minimum Gasteiger partial charge on any atom is -0.394 e. The molecule has 0 saturated carbocycles. The fourth-order valence-corrected chi connectivity index (χ4v) is 2.22. The van der Waals surface area contributed by atoms with Crippen molar-refractivity contribution in [2.45, 2.75) is 24.5 Å². The van der Waals surface area contributed by atoms with Crippen molar-refractivity contribution in [3.8, 4) is 0 Å². The van der Waals surface area contributed by atoms with Crippen molar-refractivity contribution in [1.82, 2.24) is 19.2 Å². The third-order valence-electron chi connectivity index (χ3n) is 3.30. The van der Waals surface area contributed by atoms with Gasteiger partial charge in [-0.1, -0.05) is 0 Å². The number of ether oxygens (including phenoxy) is 1. The molecule has 3 rings (SSSR count). The van der Waals surface area contributed by atoms with E-state index in [4.69, 9.17) is 15.7 Å². The van der Waals surface area contributed by atoms with Crippen LogP contribution in [0.25, 0.3) is 11.2 Å². The van der Waals surface area contributed by atoms with Gasteiger partial charge in [0.1, 0.15) is 24.6 Å². The first kappa shape index (κ1) is 13.0. The molecular weight excluding hydrogens is 270 g/mol. The van der Waals surface area contributed by atoms with E-state index in [1.165, 1.54) is 10.9 Å². The standard InChI is InChI=1S/C10H13N5O5/c11-15-3-13-8-5(9(15)19)12-2-14(8)10-7(18)6(17)4(1-16)20-10/h2-4,6-7,10,16-18H,1,11H2. The normalized spacial score (nSPS) is 30.1. The molecule has 10 heteroatoms. The van der Waals surface area contributed by atoms with Gasteiger partial charge in [-0.2, -0.15) is 0 Å². The van der Waals surface area contributed by atoms with E-state index in [1.807, 2.05) is 0 Å². The van der Waals surface area contributed by atoms with Gasteiger partial charge >= 0.3 is 0 Å². The van der Waals surface area contributed by atoms with Crippen LogP contribution >= 0.6 is 0 Å². The molecule has 1 aliphatic rings. The Labute approximate surface area is 111 Å². The van der Waals surface area contributed by atoms with Gasteiger partial charge in [0.15, 0.2) is 17.4 Å². The number of nitrogens with zero attached hydrogens (tertiary/aromatic N) is 4. The maximum absolute atomic E-state index is 11.8. The zero-order chi connectivity index (χ0) is 14.4. The van der Waals surface area contributed by atoms with Gasteiger partial charge in [0.25, 0.3) is 5.56 Å². The van der Waals surface area contributed by atoms with E-state index in [2.05, 4.69) is 9.97 Å². The van der Waals surface area contributed by atoms with Gasteiger partial charge < -0.3 is 25.9 Å². The summed E-state index contributed by atoms with van der Waals surface area (Å²) >= 11 is 0. The Bertz CT molecular complexity index is 697. The van der Waals surface area contributed by atoms with E-state index in [1.54, 1.807) is 0 Å². The number of hydrogen-bond donors (Lipinski definition) is 4. The molecule has 20 heavy (non-hydrogen) atoms.